The summed E-state index contributed by atoms with van der Waals surface area (Å²) in [6.45, 7) is -0.386. The molecule has 3 aliphatic carbocycles. The summed E-state index contributed by atoms with van der Waals surface area (Å²) in [6.07, 6.45) is 4.40. The minimum absolute atomic E-state index is 0.0411. The molecule has 128 valence electrons. The van der Waals surface area contributed by atoms with E-state index in [1.165, 1.54) is 17.1 Å². The molecule has 6 heteroatoms. The number of hydrogen-bond acceptors (Lipinski definition) is 2. The maximum atomic E-state index is 13.5. The number of hydrogen-bond donors (Lipinski definition) is 0. The van der Waals surface area contributed by atoms with Gasteiger partial charge in [-0.3, -0.25) is 9.18 Å². The van der Waals surface area contributed by atoms with Crippen LogP contribution in [0.3, 0.4) is 0 Å². The number of rotatable bonds is 3. The van der Waals surface area contributed by atoms with Crippen molar-refractivity contribution in [2.24, 2.45) is 28.8 Å². The number of halogens is 3. The fourth-order valence-corrected chi connectivity index (χ4v) is 4.47. The lowest BCUT2D eigenvalue weighted by Gasteiger charge is -2.50. The van der Waals surface area contributed by atoms with Crippen LogP contribution in [0.15, 0.2) is 23.3 Å². The largest absolute Gasteiger partial charge is 0.273 e. The van der Waals surface area contributed by atoms with Crippen LogP contribution >= 0.6 is 0 Å². The predicted molar refractivity (Wildman–Crippen MR) is 82.8 cm³/mol. The first-order chi connectivity index (χ1) is 11.6. The van der Waals surface area contributed by atoms with Gasteiger partial charge in [0.2, 0.25) is 5.91 Å². The normalized spacial score (nSPS) is 34.3. The van der Waals surface area contributed by atoms with Crippen molar-refractivity contribution in [2.75, 3.05) is 6.67 Å². The fraction of sp³-hybridized carbons (Fsp3) is 0.556. The Kier molecular flexibility index (Phi) is 3.85. The van der Waals surface area contributed by atoms with Crippen molar-refractivity contribution in [3.8, 4) is 0 Å². The minimum atomic E-state index is -0.665. The van der Waals surface area contributed by atoms with Crippen molar-refractivity contribution in [1.82, 2.24) is 5.01 Å². The molecule has 2 bridgehead atoms. The van der Waals surface area contributed by atoms with Crippen LogP contribution in [0.1, 0.15) is 37.3 Å². The fourth-order valence-electron chi connectivity index (χ4n) is 4.47. The van der Waals surface area contributed by atoms with Gasteiger partial charge in [0.05, 0.1) is 12.7 Å². The second kappa shape index (κ2) is 5.90. The quantitative estimate of drug-likeness (QED) is 0.825. The van der Waals surface area contributed by atoms with Crippen molar-refractivity contribution >= 4 is 12.1 Å². The number of alkyl halides is 1. The number of carbonyl (C=O) groups excluding carboxylic acids is 1. The summed E-state index contributed by atoms with van der Waals surface area (Å²) >= 11 is 0. The van der Waals surface area contributed by atoms with Crippen molar-refractivity contribution in [3.05, 3.63) is 35.4 Å². The average molecular weight is 336 g/mol. The van der Waals surface area contributed by atoms with Crippen LogP contribution in [0, 0.1) is 35.3 Å². The Morgan fingerprint density at radius 2 is 1.83 bits per heavy atom. The zero-order valence-corrected chi connectivity index (χ0v) is 13.2. The molecule has 0 saturated heterocycles. The van der Waals surface area contributed by atoms with Crippen LogP contribution in [0.4, 0.5) is 13.2 Å². The van der Waals surface area contributed by atoms with Crippen LogP contribution in [0.25, 0.3) is 0 Å². The third kappa shape index (κ3) is 2.52. The molecule has 1 aliphatic heterocycles. The summed E-state index contributed by atoms with van der Waals surface area (Å²) in [5.74, 6) is -1.03. The molecule has 1 amide bonds. The van der Waals surface area contributed by atoms with Crippen LogP contribution in [-0.4, -0.2) is 23.8 Å². The molecule has 3 nitrogen and oxygen atoms in total. The lowest BCUT2D eigenvalue weighted by atomic mass is 9.55. The standard InChI is InChI=1S/C18H19F3N2O/c19-9-13-7-16(11-3-10(13)4-11)18(24)23-17(1-2-22-23)12-5-14(20)8-15(21)6-12/h2,5-6,8,10-11,13,16-17H,1,3-4,7,9H2. The highest BCUT2D eigenvalue weighted by molar-refractivity contribution is 5.82. The number of hydrazone groups is 1. The first kappa shape index (κ1) is 15.7. The van der Waals surface area contributed by atoms with Crippen molar-refractivity contribution in [1.29, 1.82) is 0 Å². The first-order valence-corrected chi connectivity index (χ1v) is 8.44. The summed E-state index contributed by atoms with van der Waals surface area (Å²) in [5, 5.41) is 5.50. The molecular weight excluding hydrogens is 317 g/mol. The molecule has 0 radical (unpaired) electrons. The summed E-state index contributed by atoms with van der Waals surface area (Å²) in [4.78, 5) is 13.0. The van der Waals surface area contributed by atoms with Crippen LogP contribution in [-0.2, 0) is 4.79 Å². The van der Waals surface area contributed by atoms with Gasteiger partial charge in [-0.25, -0.2) is 13.8 Å². The molecule has 3 fully saturated rings. The van der Waals surface area contributed by atoms with E-state index in [0.717, 1.165) is 18.9 Å². The molecule has 1 aromatic rings. The summed E-state index contributed by atoms with van der Waals surface area (Å²) < 4.78 is 40.2. The van der Waals surface area contributed by atoms with E-state index in [-0.39, 0.29) is 24.4 Å². The van der Waals surface area contributed by atoms with Gasteiger partial charge in [-0.2, -0.15) is 5.10 Å². The zero-order valence-electron chi connectivity index (χ0n) is 13.2. The minimum Gasteiger partial charge on any atom is -0.273 e. The van der Waals surface area contributed by atoms with E-state index in [4.69, 9.17) is 0 Å². The van der Waals surface area contributed by atoms with E-state index >= 15 is 0 Å². The second-order valence-electron chi connectivity index (χ2n) is 7.18. The Balaban J connectivity index is 1.56. The third-order valence-electron chi connectivity index (χ3n) is 5.84. The van der Waals surface area contributed by atoms with Gasteiger partial charge in [0.1, 0.15) is 11.6 Å². The van der Waals surface area contributed by atoms with Gasteiger partial charge in [-0.15, -0.1) is 0 Å². The van der Waals surface area contributed by atoms with Gasteiger partial charge in [0, 0.05) is 24.6 Å². The molecule has 1 heterocycles. The predicted octanol–water partition coefficient (Wildman–Crippen LogP) is 3.86. The molecule has 3 unspecified atom stereocenters. The van der Waals surface area contributed by atoms with Gasteiger partial charge in [0.25, 0.3) is 0 Å². The Labute approximate surface area is 138 Å². The maximum Gasteiger partial charge on any atom is 0.246 e. The summed E-state index contributed by atoms with van der Waals surface area (Å²) in [7, 11) is 0. The molecule has 3 saturated carbocycles. The molecule has 1 aromatic carbocycles. The van der Waals surface area contributed by atoms with Gasteiger partial charge in [-0.1, -0.05) is 0 Å². The highest BCUT2D eigenvalue weighted by atomic mass is 19.1. The highest BCUT2D eigenvalue weighted by Crippen LogP contribution is 2.53. The first-order valence-electron chi connectivity index (χ1n) is 8.44. The van der Waals surface area contributed by atoms with E-state index in [1.807, 2.05) is 0 Å². The molecule has 0 spiro atoms. The Morgan fingerprint density at radius 1 is 1.12 bits per heavy atom. The second-order valence-corrected chi connectivity index (χ2v) is 7.18. The number of carbonyl (C=O) groups is 1. The Bertz CT molecular complexity index is 667. The van der Waals surface area contributed by atoms with E-state index in [9.17, 15) is 18.0 Å². The van der Waals surface area contributed by atoms with E-state index in [2.05, 4.69) is 5.10 Å². The monoisotopic (exact) mass is 336 g/mol. The van der Waals surface area contributed by atoms with E-state index in [1.54, 1.807) is 6.21 Å². The van der Waals surface area contributed by atoms with Gasteiger partial charge in [-0.05, 0) is 54.7 Å². The zero-order chi connectivity index (χ0) is 16.8. The average Bonchev–Trinajstić information content (AvgIpc) is 3.01. The van der Waals surface area contributed by atoms with Crippen molar-refractivity contribution in [2.45, 2.75) is 31.7 Å². The van der Waals surface area contributed by atoms with E-state index < -0.39 is 17.7 Å². The molecule has 24 heavy (non-hydrogen) atoms. The molecule has 0 aromatic heterocycles. The van der Waals surface area contributed by atoms with Crippen LogP contribution < -0.4 is 0 Å². The smallest absolute Gasteiger partial charge is 0.246 e. The van der Waals surface area contributed by atoms with E-state index in [0.29, 0.717) is 30.2 Å². The number of amides is 1. The number of benzene rings is 1. The van der Waals surface area contributed by atoms with Gasteiger partial charge >= 0.3 is 0 Å². The van der Waals surface area contributed by atoms with Gasteiger partial charge in [0.15, 0.2) is 0 Å². The van der Waals surface area contributed by atoms with Crippen LogP contribution in [0.5, 0.6) is 0 Å². The summed E-state index contributed by atoms with van der Waals surface area (Å²) in [5.41, 5.74) is 0.405. The SMILES string of the molecule is O=C(C1CC(CF)C2CC1C2)N1N=CCC1c1cc(F)cc(F)c1. The topological polar surface area (TPSA) is 32.7 Å². The van der Waals surface area contributed by atoms with Crippen molar-refractivity contribution in [3.63, 3.8) is 0 Å². The van der Waals surface area contributed by atoms with Crippen molar-refractivity contribution < 1.29 is 18.0 Å². The maximum absolute atomic E-state index is 13.5. The van der Waals surface area contributed by atoms with Crippen LogP contribution in [0.2, 0.25) is 0 Å². The Morgan fingerprint density at radius 3 is 2.50 bits per heavy atom. The lowest BCUT2D eigenvalue weighted by molar-refractivity contribution is -0.147. The third-order valence-corrected chi connectivity index (χ3v) is 5.84. The highest BCUT2D eigenvalue weighted by Gasteiger charge is 2.50. The van der Waals surface area contributed by atoms with Gasteiger partial charge < -0.3 is 0 Å². The summed E-state index contributed by atoms with van der Waals surface area (Å²) in [6, 6.07) is 2.82. The lowest BCUT2D eigenvalue weighted by Crippen LogP contribution is -2.49. The molecule has 5 rings (SSSR count). The molecular formula is C18H19F3N2O. The molecule has 4 aliphatic rings. The molecule has 0 N–H and O–H groups in total. The number of nitrogens with zero attached hydrogens (tertiary/aromatic N) is 2. The molecule has 3 atom stereocenters. The Hall–Kier alpha value is -1.85. The number of fused-ring (bicyclic) bond motifs is 2.